The summed E-state index contributed by atoms with van der Waals surface area (Å²) in [5.41, 5.74) is 2.03. The van der Waals surface area contributed by atoms with E-state index in [9.17, 15) is 13.6 Å². The van der Waals surface area contributed by atoms with Crippen molar-refractivity contribution in [1.29, 1.82) is 0 Å². The van der Waals surface area contributed by atoms with E-state index in [-0.39, 0.29) is 11.7 Å². The first-order valence-corrected chi connectivity index (χ1v) is 13.0. The molecule has 38 heavy (non-hydrogen) atoms. The summed E-state index contributed by atoms with van der Waals surface area (Å²) < 4.78 is 27.5. The standard InChI is InChI=1S/C26H28F2N8OS/c1-33(2)26(37)36-12-10-35(11-13-36)16-17-4-8-22(29-15-17)31-25-30-20-6-9-23(32-24(20)38-25)34(3)21-7-5-18(27)14-19(21)28/h4-9,14-15H,10-13,16H2,1-3H3,(H,29,30,31). The number of carbonyl (C=O) groups excluding carboxylic acids is 1. The lowest BCUT2D eigenvalue weighted by Gasteiger charge is -2.35. The molecule has 0 radical (unpaired) electrons. The van der Waals surface area contributed by atoms with Crippen LogP contribution >= 0.6 is 11.3 Å². The van der Waals surface area contributed by atoms with Gasteiger partial charge in [0.25, 0.3) is 0 Å². The average Bonchev–Trinajstić information content (AvgIpc) is 3.31. The first-order chi connectivity index (χ1) is 18.3. The Bertz CT molecular complexity index is 1440. The summed E-state index contributed by atoms with van der Waals surface area (Å²) in [6, 6.07) is 11.0. The molecule has 0 unspecified atom stereocenters. The number of rotatable bonds is 6. The zero-order chi connectivity index (χ0) is 26.8. The number of benzene rings is 1. The Balaban J connectivity index is 1.21. The molecule has 0 spiro atoms. The van der Waals surface area contributed by atoms with Crippen LogP contribution in [0.4, 0.5) is 36.0 Å². The van der Waals surface area contributed by atoms with Gasteiger partial charge in [-0.3, -0.25) is 4.90 Å². The largest absolute Gasteiger partial charge is 0.331 e. The SMILES string of the molecule is CN(C)C(=O)N1CCN(Cc2ccc(Nc3nc4ccc(N(C)c5ccc(F)cc5F)nc4s3)nc2)CC1. The number of urea groups is 1. The van der Waals surface area contributed by atoms with Crippen LogP contribution in [0.25, 0.3) is 10.3 Å². The van der Waals surface area contributed by atoms with Crippen molar-refractivity contribution < 1.29 is 13.6 Å². The number of carbonyl (C=O) groups is 1. The third-order valence-electron chi connectivity index (χ3n) is 6.35. The van der Waals surface area contributed by atoms with Gasteiger partial charge in [0.1, 0.15) is 33.6 Å². The molecule has 1 N–H and O–H groups in total. The van der Waals surface area contributed by atoms with E-state index in [1.807, 2.05) is 29.3 Å². The first kappa shape index (κ1) is 25.7. The third kappa shape index (κ3) is 5.65. The maximum absolute atomic E-state index is 14.2. The van der Waals surface area contributed by atoms with E-state index in [0.29, 0.717) is 40.2 Å². The van der Waals surface area contributed by atoms with Gasteiger partial charge in [0.2, 0.25) is 0 Å². The molecule has 4 aromatic rings. The molecule has 12 heteroatoms. The van der Waals surface area contributed by atoms with Gasteiger partial charge >= 0.3 is 6.03 Å². The summed E-state index contributed by atoms with van der Waals surface area (Å²) in [4.78, 5) is 33.9. The molecule has 0 saturated carbocycles. The van der Waals surface area contributed by atoms with Crippen LogP contribution in [-0.2, 0) is 6.54 Å². The molecule has 4 heterocycles. The second-order valence-electron chi connectivity index (χ2n) is 9.28. The molecule has 198 valence electrons. The van der Waals surface area contributed by atoms with Crippen molar-refractivity contribution in [2.75, 3.05) is 57.5 Å². The van der Waals surface area contributed by atoms with E-state index in [1.54, 1.807) is 37.0 Å². The molecule has 2 amide bonds. The second kappa shape index (κ2) is 10.8. The van der Waals surface area contributed by atoms with Gasteiger partial charge in [-0.25, -0.2) is 28.5 Å². The van der Waals surface area contributed by atoms with Crippen molar-refractivity contribution in [3.8, 4) is 0 Å². The Labute approximate surface area is 223 Å². The predicted molar refractivity (Wildman–Crippen MR) is 145 cm³/mol. The fraction of sp³-hybridized carbons (Fsp3) is 0.308. The van der Waals surface area contributed by atoms with E-state index in [4.69, 9.17) is 0 Å². The van der Waals surface area contributed by atoms with E-state index < -0.39 is 11.6 Å². The number of fused-ring (bicyclic) bond motifs is 1. The summed E-state index contributed by atoms with van der Waals surface area (Å²) in [7, 11) is 5.23. The number of amides is 2. The van der Waals surface area contributed by atoms with Gasteiger partial charge in [-0.05, 0) is 35.9 Å². The van der Waals surface area contributed by atoms with Gasteiger partial charge < -0.3 is 20.0 Å². The van der Waals surface area contributed by atoms with Gasteiger partial charge in [0.15, 0.2) is 5.13 Å². The summed E-state index contributed by atoms with van der Waals surface area (Å²) in [6.45, 7) is 3.85. The summed E-state index contributed by atoms with van der Waals surface area (Å²) in [5, 5.41) is 3.87. The van der Waals surface area contributed by atoms with E-state index in [0.717, 1.165) is 31.3 Å². The molecule has 1 aliphatic heterocycles. The number of hydrogen-bond donors (Lipinski definition) is 1. The highest BCUT2D eigenvalue weighted by molar-refractivity contribution is 7.21. The number of anilines is 4. The van der Waals surface area contributed by atoms with Crippen LogP contribution in [0.3, 0.4) is 0 Å². The maximum Gasteiger partial charge on any atom is 0.319 e. The van der Waals surface area contributed by atoms with Crippen LogP contribution in [0.1, 0.15) is 5.56 Å². The zero-order valence-electron chi connectivity index (χ0n) is 21.4. The molecule has 1 aliphatic rings. The average molecular weight is 539 g/mol. The van der Waals surface area contributed by atoms with Crippen molar-refractivity contribution in [1.82, 2.24) is 29.7 Å². The number of thiazole rings is 1. The van der Waals surface area contributed by atoms with Gasteiger partial charge in [0, 0.05) is 66.1 Å². The Hall–Kier alpha value is -3.90. The van der Waals surface area contributed by atoms with E-state index in [1.165, 1.54) is 23.5 Å². The topological polar surface area (TPSA) is 80.7 Å². The fourth-order valence-electron chi connectivity index (χ4n) is 4.26. The Kier molecular flexibility index (Phi) is 7.34. The Morgan fingerprint density at radius 3 is 2.50 bits per heavy atom. The van der Waals surface area contributed by atoms with Crippen LogP contribution in [0.5, 0.6) is 0 Å². The summed E-state index contributed by atoms with van der Waals surface area (Å²) in [5.74, 6) is -0.0937. The highest BCUT2D eigenvalue weighted by Crippen LogP contribution is 2.31. The number of hydrogen-bond acceptors (Lipinski definition) is 8. The molecule has 9 nitrogen and oxygen atoms in total. The van der Waals surface area contributed by atoms with Crippen LogP contribution in [-0.4, -0.2) is 83.0 Å². The molecular formula is C26H28F2N8OS. The van der Waals surface area contributed by atoms with Crippen LogP contribution < -0.4 is 10.2 Å². The molecule has 0 atom stereocenters. The lowest BCUT2D eigenvalue weighted by molar-refractivity contribution is 0.120. The molecule has 0 bridgehead atoms. The lowest BCUT2D eigenvalue weighted by Crippen LogP contribution is -2.51. The molecule has 0 aliphatic carbocycles. The number of nitrogens with one attached hydrogen (secondary N) is 1. The van der Waals surface area contributed by atoms with E-state index >= 15 is 0 Å². The van der Waals surface area contributed by atoms with Crippen molar-refractivity contribution >= 4 is 50.2 Å². The van der Waals surface area contributed by atoms with Crippen LogP contribution in [0, 0.1) is 11.6 Å². The van der Waals surface area contributed by atoms with Crippen molar-refractivity contribution in [2.24, 2.45) is 0 Å². The molecular weight excluding hydrogens is 510 g/mol. The van der Waals surface area contributed by atoms with E-state index in [2.05, 4.69) is 25.2 Å². The second-order valence-corrected chi connectivity index (χ2v) is 10.3. The highest BCUT2D eigenvalue weighted by Gasteiger charge is 2.22. The highest BCUT2D eigenvalue weighted by atomic mass is 32.1. The van der Waals surface area contributed by atoms with Crippen LogP contribution in [0.15, 0.2) is 48.7 Å². The summed E-state index contributed by atoms with van der Waals surface area (Å²) in [6.07, 6.45) is 1.84. The fourth-order valence-corrected chi connectivity index (χ4v) is 5.10. The van der Waals surface area contributed by atoms with Crippen molar-refractivity contribution in [3.05, 3.63) is 65.9 Å². The monoisotopic (exact) mass is 538 g/mol. The zero-order valence-corrected chi connectivity index (χ0v) is 22.2. The van der Waals surface area contributed by atoms with Crippen molar-refractivity contribution in [3.63, 3.8) is 0 Å². The lowest BCUT2D eigenvalue weighted by atomic mass is 10.2. The number of aromatic nitrogens is 3. The minimum Gasteiger partial charge on any atom is -0.331 e. The molecule has 3 aromatic heterocycles. The third-order valence-corrected chi connectivity index (χ3v) is 7.23. The Morgan fingerprint density at radius 2 is 1.82 bits per heavy atom. The normalized spacial score (nSPS) is 14.1. The molecule has 1 aromatic carbocycles. The van der Waals surface area contributed by atoms with Crippen molar-refractivity contribution in [2.45, 2.75) is 6.54 Å². The Morgan fingerprint density at radius 1 is 1.03 bits per heavy atom. The molecule has 1 saturated heterocycles. The van der Waals surface area contributed by atoms with Gasteiger partial charge in [0.05, 0.1) is 5.69 Å². The first-order valence-electron chi connectivity index (χ1n) is 12.1. The number of nitrogens with zero attached hydrogens (tertiary/aromatic N) is 7. The van der Waals surface area contributed by atoms with Gasteiger partial charge in [-0.15, -0.1) is 0 Å². The summed E-state index contributed by atoms with van der Waals surface area (Å²) >= 11 is 1.37. The van der Waals surface area contributed by atoms with Gasteiger partial charge in [-0.2, -0.15) is 0 Å². The predicted octanol–water partition coefficient (Wildman–Crippen LogP) is 4.68. The van der Waals surface area contributed by atoms with Gasteiger partial charge in [-0.1, -0.05) is 17.4 Å². The molecule has 1 fully saturated rings. The molecule has 5 rings (SSSR count). The van der Waals surface area contributed by atoms with Crippen LogP contribution in [0.2, 0.25) is 0 Å². The number of pyridine rings is 2. The number of halogens is 2. The smallest absolute Gasteiger partial charge is 0.319 e. The minimum absolute atomic E-state index is 0.0526. The number of piperazine rings is 1. The minimum atomic E-state index is -0.655. The quantitative estimate of drug-likeness (QED) is 0.382. The maximum atomic E-state index is 14.2.